The van der Waals surface area contributed by atoms with Crippen molar-refractivity contribution in [3.8, 4) is 22.9 Å². The Morgan fingerprint density at radius 2 is 2.07 bits per heavy atom. The van der Waals surface area contributed by atoms with Crippen molar-refractivity contribution in [1.82, 2.24) is 25.0 Å². The Morgan fingerprint density at radius 1 is 1.21 bits per heavy atom. The van der Waals surface area contributed by atoms with Gasteiger partial charge in [0.25, 0.3) is 0 Å². The molecule has 0 atom stereocenters. The molecule has 29 heavy (non-hydrogen) atoms. The summed E-state index contributed by atoms with van der Waals surface area (Å²) in [6.45, 7) is 5.00. The van der Waals surface area contributed by atoms with Crippen LogP contribution >= 0.6 is 23.1 Å². The average Bonchev–Trinajstić information content (AvgIpc) is 3.45. The molecule has 1 N–H and O–H groups in total. The molecule has 0 saturated heterocycles. The zero-order valence-electron chi connectivity index (χ0n) is 16.0. The summed E-state index contributed by atoms with van der Waals surface area (Å²) < 4.78 is 12.8. The molecule has 152 valence electrons. The summed E-state index contributed by atoms with van der Waals surface area (Å²) in [5.41, 5.74) is 0.886. The number of aromatic nitrogens is 5. The van der Waals surface area contributed by atoms with Gasteiger partial charge in [-0.1, -0.05) is 30.0 Å². The van der Waals surface area contributed by atoms with E-state index >= 15 is 0 Å². The summed E-state index contributed by atoms with van der Waals surface area (Å²) in [4.78, 5) is 12.3. The predicted molar refractivity (Wildman–Crippen MR) is 111 cm³/mol. The quantitative estimate of drug-likeness (QED) is 0.541. The number of rotatable bonds is 8. The fraction of sp³-hybridized carbons (Fsp3) is 0.389. The number of nitrogens with zero attached hydrogens (tertiary/aromatic N) is 5. The van der Waals surface area contributed by atoms with Crippen LogP contribution in [0.1, 0.15) is 25.3 Å². The van der Waals surface area contributed by atoms with Gasteiger partial charge in [-0.05, 0) is 31.5 Å². The van der Waals surface area contributed by atoms with Crippen LogP contribution in [0.4, 0.5) is 5.13 Å². The second-order valence-electron chi connectivity index (χ2n) is 6.21. The first-order valence-electron chi connectivity index (χ1n) is 9.26. The Balaban J connectivity index is 1.42. The predicted octanol–water partition coefficient (Wildman–Crippen LogP) is 3.23. The number of thioether (sulfide) groups is 1. The third-order valence-corrected chi connectivity index (χ3v) is 6.04. The van der Waals surface area contributed by atoms with Gasteiger partial charge in [0.2, 0.25) is 17.8 Å². The zero-order valence-corrected chi connectivity index (χ0v) is 17.7. The summed E-state index contributed by atoms with van der Waals surface area (Å²) in [5.74, 6) is 2.20. The maximum atomic E-state index is 12.3. The number of benzene rings is 1. The van der Waals surface area contributed by atoms with Gasteiger partial charge in [0, 0.05) is 18.5 Å². The van der Waals surface area contributed by atoms with E-state index in [4.69, 9.17) is 9.47 Å². The minimum absolute atomic E-state index is 0.149. The van der Waals surface area contributed by atoms with Gasteiger partial charge in [0.05, 0.1) is 5.75 Å². The first kappa shape index (κ1) is 19.6. The van der Waals surface area contributed by atoms with Gasteiger partial charge in [-0.2, -0.15) is 0 Å². The molecule has 0 spiro atoms. The highest BCUT2D eigenvalue weighted by Crippen LogP contribution is 2.36. The molecule has 1 aliphatic rings. The van der Waals surface area contributed by atoms with Crippen LogP contribution in [0.25, 0.3) is 11.4 Å². The Morgan fingerprint density at radius 3 is 2.90 bits per heavy atom. The number of anilines is 1. The summed E-state index contributed by atoms with van der Waals surface area (Å²) in [6, 6.07) is 5.68. The van der Waals surface area contributed by atoms with Crippen molar-refractivity contribution in [2.45, 2.75) is 38.4 Å². The van der Waals surface area contributed by atoms with Gasteiger partial charge in [0.15, 0.2) is 22.5 Å². The zero-order chi connectivity index (χ0) is 20.2. The third-order valence-electron chi connectivity index (χ3n) is 4.17. The maximum absolute atomic E-state index is 12.3. The minimum atomic E-state index is -0.149. The molecular weight excluding hydrogens is 412 g/mol. The summed E-state index contributed by atoms with van der Waals surface area (Å²) >= 11 is 2.74. The fourth-order valence-corrected chi connectivity index (χ4v) is 4.49. The number of carbonyl (C=O) groups excluding carboxylic acids is 1. The number of hydrogen-bond donors (Lipinski definition) is 1. The van der Waals surface area contributed by atoms with E-state index in [1.165, 1.54) is 23.1 Å². The van der Waals surface area contributed by atoms with E-state index in [9.17, 15) is 4.79 Å². The normalized spacial score (nSPS) is 12.3. The molecule has 1 aliphatic heterocycles. The number of hydrogen-bond acceptors (Lipinski definition) is 9. The first-order chi connectivity index (χ1) is 14.2. The SMILES string of the molecule is CCCc1nnc(NC(=O)CSc2nnc(-c3ccc4c(c3)OCO4)n2CC)s1. The Kier molecular flexibility index (Phi) is 5.95. The molecule has 0 unspecified atom stereocenters. The fourth-order valence-electron chi connectivity index (χ4n) is 2.83. The molecule has 3 aromatic rings. The van der Waals surface area contributed by atoms with Crippen LogP contribution in [0.5, 0.6) is 11.5 Å². The van der Waals surface area contributed by atoms with Crippen molar-refractivity contribution in [3.63, 3.8) is 0 Å². The lowest BCUT2D eigenvalue weighted by Gasteiger charge is -2.07. The summed E-state index contributed by atoms with van der Waals surface area (Å²) in [5, 5.41) is 21.6. The molecule has 9 nitrogen and oxygen atoms in total. The van der Waals surface area contributed by atoms with Gasteiger partial charge >= 0.3 is 0 Å². The highest BCUT2D eigenvalue weighted by atomic mass is 32.2. The maximum Gasteiger partial charge on any atom is 0.236 e. The topological polar surface area (TPSA) is 104 Å². The standard InChI is InChI=1S/C18H20N6O3S2/c1-3-5-15-20-22-17(29-15)19-14(25)9-28-18-23-21-16(24(18)4-2)11-6-7-12-13(8-11)27-10-26-12/h6-8H,3-5,9-10H2,1-2H3,(H,19,22,25). The van der Waals surface area contributed by atoms with E-state index in [-0.39, 0.29) is 18.5 Å². The van der Waals surface area contributed by atoms with E-state index in [1.807, 2.05) is 29.7 Å². The molecule has 0 radical (unpaired) electrons. The Labute approximate surface area is 175 Å². The monoisotopic (exact) mass is 432 g/mol. The minimum Gasteiger partial charge on any atom is -0.454 e. The van der Waals surface area contributed by atoms with Gasteiger partial charge < -0.3 is 14.0 Å². The van der Waals surface area contributed by atoms with Crippen LogP contribution < -0.4 is 14.8 Å². The molecule has 0 aliphatic carbocycles. The summed E-state index contributed by atoms with van der Waals surface area (Å²) in [7, 11) is 0. The van der Waals surface area contributed by atoms with Crippen LogP contribution in [0.15, 0.2) is 23.4 Å². The number of ether oxygens (including phenoxy) is 2. The second-order valence-corrected chi connectivity index (χ2v) is 8.21. The Bertz CT molecular complexity index is 1020. The highest BCUT2D eigenvalue weighted by molar-refractivity contribution is 7.99. The molecule has 0 fully saturated rings. The van der Waals surface area contributed by atoms with Gasteiger partial charge in [0.1, 0.15) is 5.01 Å². The largest absolute Gasteiger partial charge is 0.454 e. The van der Waals surface area contributed by atoms with Crippen LogP contribution in [-0.4, -0.2) is 43.4 Å². The molecule has 2 aromatic heterocycles. The summed E-state index contributed by atoms with van der Waals surface area (Å²) in [6.07, 6.45) is 1.86. The molecular formula is C18H20N6O3S2. The van der Waals surface area contributed by atoms with E-state index in [0.717, 1.165) is 35.0 Å². The van der Waals surface area contributed by atoms with E-state index in [2.05, 4.69) is 32.6 Å². The lowest BCUT2D eigenvalue weighted by Crippen LogP contribution is -2.14. The lowest BCUT2D eigenvalue weighted by molar-refractivity contribution is -0.113. The first-order valence-corrected chi connectivity index (χ1v) is 11.1. The Hall–Kier alpha value is -2.66. The number of nitrogens with one attached hydrogen (secondary N) is 1. The van der Waals surface area contributed by atoms with Crippen molar-refractivity contribution in [1.29, 1.82) is 0 Å². The number of amides is 1. The smallest absolute Gasteiger partial charge is 0.236 e. The van der Waals surface area contributed by atoms with Crippen LogP contribution in [0, 0.1) is 0 Å². The number of carbonyl (C=O) groups is 1. The van der Waals surface area contributed by atoms with Crippen LogP contribution in [0.3, 0.4) is 0 Å². The van der Waals surface area contributed by atoms with Crippen molar-refractivity contribution in [3.05, 3.63) is 23.2 Å². The van der Waals surface area contributed by atoms with E-state index in [0.29, 0.717) is 22.6 Å². The van der Waals surface area contributed by atoms with Crippen molar-refractivity contribution >= 4 is 34.1 Å². The van der Waals surface area contributed by atoms with Crippen LogP contribution in [0.2, 0.25) is 0 Å². The van der Waals surface area contributed by atoms with Gasteiger partial charge in [-0.15, -0.1) is 20.4 Å². The molecule has 4 rings (SSSR count). The molecule has 0 bridgehead atoms. The van der Waals surface area contributed by atoms with E-state index in [1.54, 1.807) is 0 Å². The lowest BCUT2D eigenvalue weighted by atomic mass is 10.2. The van der Waals surface area contributed by atoms with Crippen LogP contribution in [-0.2, 0) is 17.8 Å². The molecule has 1 aromatic carbocycles. The van der Waals surface area contributed by atoms with E-state index < -0.39 is 0 Å². The average molecular weight is 433 g/mol. The molecule has 1 amide bonds. The number of aryl methyl sites for hydroxylation is 1. The van der Waals surface area contributed by atoms with Gasteiger partial charge in [-0.25, -0.2) is 0 Å². The second kappa shape index (κ2) is 8.78. The molecule has 3 heterocycles. The van der Waals surface area contributed by atoms with Gasteiger partial charge in [-0.3, -0.25) is 10.1 Å². The third kappa shape index (κ3) is 4.35. The van der Waals surface area contributed by atoms with Crippen molar-refractivity contribution < 1.29 is 14.3 Å². The number of fused-ring (bicyclic) bond motifs is 1. The van der Waals surface area contributed by atoms with Crippen molar-refractivity contribution in [2.75, 3.05) is 17.9 Å². The highest BCUT2D eigenvalue weighted by Gasteiger charge is 2.19. The molecule has 11 heteroatoms. The molecule has 0 saturated carbocycles. The van der Waals surface area contributed by atoms with Crippen molar-refractivity contribution in [2.24, 2.45) is 0 Å².